The number of aromatic nitrogens is 4. The third-order valence-electron chi connectivity index (χ3n) is 3.65. The van der Waals surface area contributed by atoms with E-state index in [1.807, 2.05) is 24.6 Å². The number of hydrogen-bond acceptors (Lipinski definition) is 5. The van der Waals surface area contributed by atoms with Gasteiger partial charge in [-0.3, -0.25) is 4.79 Å². The molecule has 0 unspecified atom stereocenters. The third kappa shape index (κ3) is 3.19. The molecule has 0 aromatic carbocycles. The first-order valence-electron chi connectivity index (χ1n) is 7.69. The molecule has 0 spiro atoms. The number of nitrogens with zero attached hydrogens (tertiary/aromatic N) is 4. The summed E-state index contributed by atoms with van der Waals surface area (Å²) >= 11 is 0. The molecule has 124 valence electrons. The van der Waals surface area contributed by atoms with Gasteiger partial charge in [-0.25, -0.2) is 14.6 Å². The second-order valence-corrected chi connectivity index (χ2v) is 5.71. The Bertz CT molecular complexity index is 872. The predicted molar refractivity (Wildman–Crippen MR) is 89.9 cm³/mol. The van der Waals surface area contributed by atoms with Gasteiger partial charge in [0.05, 0.1) is 18.9 Å². The van der Waals surface area contributed by atoms with Crippen molar-refractivity contribution in [1.29, 1.82) is 0 Å². The highest BCUT2D eigenvalue weighted by atomic mass is 16.5. The first kappa shape index (κ1) is 15.9. The van der Waals surface area contributed by atoms with Gasteiger partial charge in [-0.1, -0.05) is 0 Å². The molecule has 0 radical (unpaired) electrons. The van der Waals surface area contributed by atoms with E-state index in [1.54, 1.807) is 37.8 Å². The summed E-state index contributed by atoms with van der Waals surface area (Å²) in [6, 6.07) is 5.64. The van der Waals surface area contributed by atoms with Crippen molar-refractivity contribution in [2.45, 2.75) is 26.4 Å². The number of nitrogens with one attached hydrogen (secondary N) is 1. The number of methoxy groups -OCH3 is 1. The Morgan fingerprint density at radius 1 is 1.29 bits per heavy atom. The molecule has 1 amide bonds. The van der Waals surface area contributed by atoms with E-state index in [4.69, 9.17) is 4.74 Å². The SMILES string of the molecule is COc1cc(CNC(=O)c2cnc3c(cnn3C(C)C)c2)ccn1. The number of carbonyl (C=O) groups is 1. The van der Waals surface area contributed by atoms with Crippen LogP contribution in [0.4, 0.5) is 0 Å². The molecule has 7 heteroatoms. The maximum absolute atomic E-state index is 12.3. The zero-order valence-corrected chi connectivity index (χ0v) is 13.9. The number of fused-ring (bicyclic) bond motifs is 1. The van der Waals surface area contributed by atoms with Crippen LogP contribution in [0.3, 0.4) is 0 Å². The van der Waals surface area contributed by atoms with Crippen LogP contribution in [-0.4, -0.2) is 32.8 Å². The molecule has 0 aliphatic heterocycles. The topological polar surface area (TPSA) is 81.9 Å². The van der Waals surface area contributed by atoms with E-state index in [0.29, 0.717) is 18.0 Å². The van der Waals surface area contributed by atoms with Crippen LogP contribution in [0.25, 0.3) is 11.0 Å². The van der Waals surface area contributed by atoms with Crippen molar-refractivity contribution in [3.63, 3.8) is 0 Å². The van der Waals surface area contributed by atoms with Gasteiger partial charge in [0, 0.05) is 36.4 Å². The van der Waals surface area contributed by atoms with E-state index in [2.05, 4.69) is 20.4 Å². The lowest BCUT2D eigenvalue weighted by molar-refractivity contribution is 0.0950. The van der Waals surface area contributed by atoms with Crippen LogP contribution in [0.1, 0.15) is 35.8 Å². The fourth-order valence-corrected chi connectivity index (χ4v) is 2.40. The third-order valence-corrected chi connectivity index (χ3v) is 3.65. The standard InChI is InChI=1S/C17H19N5O2/c1-11(2)22-16-13(10-21-22)7-14(9-19-16)17(23)20-8-12-4-5-18-15(6-12)24-3/h4-7,9-11H,8H2,1-3H3,(H,20,23). The fourth-order valence-electron chi connectivity index (χ4n) is 2.40. The summed E-state index contributed by atoms with van der Waals surface area (Å²) < 4.78 is 6.91. The summed E-state index contributed by atoms with van der Waals surface area (Å²) in [6.45, 7) is 4.47. The van der Waals surface area contributed by atoms with E-state index < -0.39 is 0 Å². The van der Waals surface area contributed by atoms with Gasteiger partial charge in [0.25, 0.3) is 5.91 Å². The summed E-state index contributed by atoms with van der Waals surface area (Å²) in [7, 11) is 1.56. The Hall–Kier alpha value is -2.96. The normalized spacial score (nSPS) is 11.0. The minimum absolute atomic E-state index is 0.183. The van der Waals surface area contributed by atoms with Crippen LogP contribution in [0.5, 0.6) is 5.88 Å². The van der Waals surface area contributed by atoms with Gasteiger partial charge in [-0.05, 0) is 31.5 Å². The summed E-state index contributed by atoms with van der Waals surface area (Å²) in [5.74, 6) is 0.336. The molecule has 3 heterocycles. The predicted octanol–water partition coefficient (Wildman–Crippen LogP) is 2.35. The second-order valence-electron chi connectivity index (χ2n) is 5.71. The Labute approximate surface area is 139 Å². The van der Waals surface area contributed by atoms with Crippen molar-refractivity contribution in [2.75, 3.05) is 7.11 Å². The van der Waals surface area contributed by atoms with E-state index in [-0.39, 0.29) is 11.9 Å². The van der Waals surface area contributed by atoms with Crippen molar-refractivity contribution in [3.8, 4) is 5.88 Å². The van der Waals surface area contributed by atoms with Crippen LogP contribution >= 0.6 is 0 Å². The summed E-state index contributed by atoms with van der Waals surface area (Å²) in [5.41, 5.74) is 2.20. The Morgan fingerprint density at radius 3 is 2.88 bits per heavy atom. The molecule has 0 fully saturated rings. The minimum atomic E-state index is -0.183. The number of pyridine rings is 2. The molecule has 3 aromatic heterocycles. The van der Waals surface area contributed by atoms with Crippen LogP contribution in [0.15, 0.2) is 36.8 Å². The second kappa shape index (κ2) is 6.66. The molecule has 3 aromatic rings. The molecule has 0 aliphatic carbocycles. The average Bonchev–Trinajstić information content (AvgIpc) is 3.03. The zero-order valence-electron chi connectivity index (χ0n) is 13.9. The Morgan fingerprint density at radius 2 is 2.12 bits per heavy atom. The molecule has 0 bridgehead atoms. The summed E-state index contributed by atoms with van der Waals surface area (Å²) in [4.78, 5) is 20.7. The fraction of sp³-hybridized carbons (Fsp3) is 0.294. The quantitative estimate of drug-likeness (QED) is 0.778. The number of amides is 1. The van der Waals surface area contributed by atoms with E-state index in [9.17, 15) is 4.79 Å². The maximum Gasteiger partial charge on any atom is 0.253 e. The van der Waals surface area contributed by atoms with Gasteiger partial charge in [-0.2, -0.15) is 5.10 Å². The lowest BCUT2D eigenvalue weighted by Gasteiger charge is -2.08. The molecule has 0 saturated heterocycles. The van der Waals surface area contributed by atoms with Crippen LogP contribution in [0.2, 0.25) is 0 Å². The molecule has 0 atom stereocenters. The molecule has 1 N–H and O–H groups in total. The molecular formula is C17H19N5O2. The number of hydrogen-bond donors (Lipinski definition) is 1. The Kier molecular flexibility index (Phi) is 4.41. The first-order chi connectivity index (χ1) is 11.6. The van der Waals surface area contributed by atoms with E-state index in [1.165, 1.54) is 0 Å². The molecule has 0 aliphatic rings. The van der Waals surface area contributed by atoms with Crippen molar-refractivity contribution < 1.29 is 9.53 Å². The van der Waals surface area contributed by atoms with Gasteiger partial charge in [0.15, 0.2) is 5.65 Å². The largest absolute Gasteiger partial charge is 0.481 e. The van der Waals surface area contributed by atoms with Crippen LogP contribution in [0, 0.1) is 0 Å². The van der Waals surface area contributed by atoms with E-state index >= 15 is 0 Å². The highest BCUT2D eigenvalue weighted by Crippen LogP contribution is 2.16. The maximum atomic E-state index is 12.3. The zero-order chi connectivity index (χ0) is 17.1. The number of carbonyl (C=O) groups excluding carboxylic acids is 1. The van der Waals surface area contributed by atoms with Gasteiger partial charge < -0.3 is 10.1 Å². The molecule has 3 rings (SSSR count). The average molecular weight is 325 g/mol. The highest BCUT2D eigenvalue weighted by Gasteiger charge is 2.11. The van der Waals surface area contributed by atoms with E-state index in [0.717, 1.165) is 16.6 Å². The molecular weight excluding hydrogens is 306 g/mol. The number of rotatable bonds is 5. The Balaban J connectivity index is 1.74. The number of ether oxygens (including phenoxy) is 1. The van der Waals surface area contributed by atoms with Gasteiger partial charge in [0.2, 0.25) is 5.88 Å². The summed E-state index contributed by atoms with van der Waals surface area (Å²) in [6.07, 6.45) is 4.95. The van der Waals surface area contributed by atoms with Gasteiger partial charge >= 0.3 is 0 Å². The van der Waals surface area contributed by atoms with Crippen molar-refractivity contribution in [1.82, 2.24) is 25.1 Å². The van der Waals surface area contributed by atoms with Crippen molar-refractivity contribution >= 4 is 16.9 Å². The van der Waals surface area contributed by atoms with Gasteiger partial charge in [0.1, 0.15) is 0 Å². The molecule has 24 heavy (non-hydrogen) atoms. The smallest absolute Gasteiger partial charge is 0.253 e. The van der Waals surface area contributed by atoms with Crippen molar-refractivity contribution in [3.05, 3.63) is 47.9 Å². The monoisotopic (exact) mass is 325 g/mol. The van der Waals surface area contributed by atoms with Crippen LogP contribution in [-0.2, 0) is 6.54 Å². The molecule has 0 saturated carbocycles. The van der Waals surface area contributed by atoms with Crippen molar-refractivity contribution in [2.24, 2.45) is 0 Å². The van der Waals surface area contributed by atoms with Crippen LogP contribution < -0.4 is 10.1 Å². The first-order valence-corrected chi connectivity index (χ1v) is 7.69. The lowest BCUT2D eigenvalue weighted by atomic mass is 10.2. The lowest BCUT2D eigenvalue weighted by Crippen LogP contribution is -2.23. The highest BCUT2D eigenvalue weighted by molar-refractivity contribution is 5.96. The minimum Gasteiger partial charge on any atom is -0.481 e. The van der Waals surface area contributed by atoms with Gasteiger partial charge in [-0.15, -0.1) is 0 Å². The summed E-state index contributed by atoms with van der Waals surface area (Å²) in [5, 5.41) is 8.03. The molecule has 7 nitrogen and oxygen atoms in total.